The van der Waals surface area contributed by atoms with E-state index in [0.717, 1.165) is 0 Å². The molecule has 4 nitrogen and oxygen atoms in total. The third-order valence-electron chi connectivity index (χ3n) is 2.52. The number of alkyl halides is 4. The molecule has 96 valence electrons. The van der Waals surface area contributed by atoms with E-state index >= 15 is 0 Å². The first-order valence-electron chi connectivity index (χ1n) is 5.21. The van der Waals surface area contributed by atoms with Crippen molar-refractivity contribution < 1.29 is 22.0 Å². The molecule has 0 aliphatic carbocycles. The molecule has 1 saturated heterocycles. The number of halogens is 4. The Labute approximate surface area is 94.6 Å². The molecule has 0 spiro atoms. The van der Waals surface area contributed by atoms with Crippen molar-refractivity contribution >= 4 is 0 Å². The van der Waals surface area contributed by atoms with Crippen LogP contribution < -0.4 is 0 Å². The second-order valence-electron chi connectivity index (χ2n) is 3.97. The largest absolute Gasteiger partial charge is 0.470 e. The van der Waals surface area contributed by atoms with Crippen LogP contribution in [0.1, 0.15) is 24.6 Å². The van der Waals surface area contributed by atoms with Crippen molar-refractivity contribution in [1.82, 2.24) is 15.1 Å². The van der Waals surface area contributed by atoms with Gasteiger partial charge in [0, 0.05) is 6.54 Å². The fourth-order valence-corrected chi connectivity index (χ4v) is 1.77. The van der Waals surface area contributed by atoms with Gasteiger partial charge in [0.25, 0.3) is 0 Å². The smallest absolute Gasteiger partial charge is 0.416 e. The van der Waals surface area contributed by atoms with E-state index in [2.05, 4.69) is 14.6 Å². The molecular weight excluding hydrogens is 242 g/mol. The molecule has 0 bridgehead atoms. The van der Waals surface area contributed by atoms with Gasteiger partial charge in [0.05, 0.1) is 6.54 Å². The van der Waals surface area contributed by atoms with Crippen molar-refractivity contribution in [3.05, 3.63) is 11.8 Å². The Morgan fingerprint density at radius 3 is 2.71 bits per heavy atom. The van der Waals surface area contributed by atoms with Crippen molar-refractivity contribution in [1.29, 1.82) is 0 Å². The summed E-state index contributed by atoms with van der Waals surface area (Å²) < 4.78 is 54.0. The van der Waals surface area contributed by atoms with Crippen molar-refractivity contribution in [3.8, 4) is 0 Å². The highest BCUT2D eigenvalue weighted by Crippen LogP contribution is 2.28. The van der Waals surface area contributed by atoms with Crippen LogP contribution in [0.15, 0.2) is 4.42 Å². The average Bonchev–Trinajstić information content (AvgIpc) is 2.65. The van der Waals surface area contributed by atoms with Gasteiger partial charge in [-0.1, -0.05) is 0 Å². The second kappa shape index (κ2) is 4.59. The van der Waals surface area contributed by atoms with E-state index in [1.165, 1.54) is 0 Å². The highest BCUT2D eigenvalue weighted by Gasteiger charge is 2.38. The molecule has 1 aliphatic rings. The lowest BCUT2D eigenvalue weighted by atomic mass is 10.1. The normalized spacial score (nSPS) is 22.9. The Hall–Kier alpha value is -1.18. The van der Waals surface area contributed by atoms with E-state index < -0.39 is 18.2 Å². The minimum atomic E-state index is -4.63. The van der Waals surface area contributed by atoms with Gasteiger partial charge >= 0.3 is 12.1 Å². The molecular formula is C9H11F4N3O. The van der Waals surface area contributed by atoms with Crippen LogP contribution in [0.25, 0.3) is 0 Å². The molecule has 17 heavy (non-hydrogen) atoms. The SMILES string of the molecule is FC1CCCN(Cc2nnc(C(F)(F)F)o2)C1. The summed E-state index contributed by atoms with van der Waals surface area (Å²) in [5, 5.41) is 6.21. The minimum absolute atomic E-state index is 0.0590. The van der Waals surface area contributed by atoms with Gasteiger partial charge in [-0.2, -0.15) is 13.2 Å². The van der Waals surface area contributed by atoms with Crippen LogP contribution >= 0.6 is 0 Å². The first-order chi connectivity index (χ1) is 7.95. The Balaban J connectivity index is 1.97. The molecule has 2 rings (SSSR count). The van der Waals surface area contributed by atoms with Crippen LogP contribution in [-0.4, -0.2) is 34.4 Å². The van der Waals surface area contributed by atoms with Gasteiger partial charge in [0.2, 0.25) is 5.89 Å². The fraction of sp³-hybridized carbons (Fsp3) is 0.778. The Morgan fingerprint density at radius 2 is 2.12 bits per heavy atom. The maximum Gasteiger partial charge on any atom is 0.470 e. The summed E-state index contributed by atoms with van der Waals surface area (Å²) in [6.07, 6.45) is -4.39. The predicted octanol–water partition coefficient (Wildman–Crippen LogP) is 2.02. The van der Waals surface area contributed by atoms with E-state index in [9.17, 15) is 17.6 Å². The minimum Gasteiger partial charge on any atom is -0.416 e. The molecule has 8 heteroatoms. The zero-order valence-corrected chi connectivity index (χ0v) is 8.87. The topological polar surface area (TPSA) is 42.2 Å². The van der Waals surface area contributed by atoms with Crippen LogP contribution in [0, 0.1) is 0 Å². The summed E-state index contributed by atoms with van der Waals surface area (Å²) in [7, 11) is 0. The molecule has 1 aromatic heterocycles. The Bertz CT molecular complexity index is 379. The number of nitrogens with zero attached hydrogens (tertiary/aromatic N) is 3. The lowest BCUT2D eigenvalue weighted by Gasteiger charge is -2.27. The van der Waals surface area contributed by atoms with Crippen molar-refractivity contribution in [2.75, 3.05) is 13.1 Å². The molecule has 0 amide bonds. The van der Waals surface area contributed by atoms with Crippen molar-refractivity contribution in [3.63, 3.8) is 0 Å². The summed E-state index contributed by atoms with van der Waals surface area (Å²) >= 11 is 0. The first-order valence-corrected chi connectivity index (χ1v) is 5.21. The predicted molar refractivity (Wildman–Crippen MR) is 48.7 cm³/mol. The number of rotatable bonds is 2. The standard InChI is InChI=1S/C9H11F4N3O/c10-6-2-1-3-16(4-6)5-7-14-15-8(17-7)9(11,12)13/h6H,1-5H2. The molecule has 1 atom stereocenters. The number of likely N-dealkylation sites (tertiary alicyclic amines) is 1. The number of hydrogen-bond donors (Lipinski definition) is 0. The van der Waals surface area contributed by atoms with E-state index in [0.29, 0.717) is 19.4 Å². The fourth-order valence-electron chi connectivity index (χ4n) is 1.77. The van der Waals surface area contributed by atoms with Gasteiger partial charge in [-0.25, -0.2) is 4.39 Å². The monoisotopic (exact) mass is 253 g/mol. The maximum atomic E-state index is 13.0. The molecule has 0 aromatic carbocycles. The lowest BCUT2D eigenvalue weighted by Crippen LogP contribution is -2.35. The van der Waals surface area contributed by atoms with Gasteiger partial charge < -0.3 is 4.42 Å². The first kappa shape index (κ1) is 12.3. The number of hydrogen-bond acceptors (Lipinski definition) is 4. The van der Waals surface area contributed by atoms with Crippen LogP contribution in [-0.2, 0) is 12.7 Å². The molecule has 0 N–H and O–H groups in total. The summed E-state index contributed by atoms with van der Waals surface area (Å²) in [6, 6.07) is 0. The van der Waals surface area contributed by atoms with Gasteiger partial charge in [-0.05, 0) is 19.4 Å². The maximum absolute atomic E-state index is 13.0. The average molecular weight is 253 g/mol. The number of aromatic nitrogens is 2. The highest BCUT2D eigenvalue weighted by atomic mass is 19.4. The molecule has 1 fully saturated rings. The van der Waals surface area contributed by atoms with Gasteiger partial charge in [0.1, 0.15) is 6.17 Å². The Morgan fingerprint density at radius 1 is 1.35 bits per heavy atom. The molecule has 1 aromatic rings. The highest BCUT2D eigenvalue weighted by molar-refractivity contribution is 4.87. The molecule has 0 saturated carbocycles. The van der Waals surface area contributed by atoms with Crippen LogP contribution in [0.3, 0.4) is 0 Å². The van der Waals surface area contributed by atoms with E-state index in [4.69, 9.17) is 0 Å². The quantitative estimate of drug-likeness (QED) is 0.756. The zero-order chi connectivity index (χ0) is 12.5. The lowest BCUT2D eigenvalue weighted by molar-refractivity contribution is -0.157. The second-order valence-corrected chi connectivity index (χ2v) is 3.97. The summed E-state index contributed by atoms with van der Waals surface area (Å²) in [6.45, 7) is 0.886. The Kier molecular flexibility index (Phi) is 3.32. The molecule has 1 aliphatic heterocycles. The van der Waals surface area contributed by atoms with Crippen LogP contribution in [0.5, 0.6) is 0 Å². The third kappa shape index (κ3) is 3.15. The molecule has 2 heterocycles. The van der Waals surface area contributed by atoms with Crippen LogP contribution in [0.4, 0.5) is 17.6 Å². The number of piperidine rings is 1. The summed E-state index contributed by atoms with van der Waals surface area (Å²) in [5.74, 6) is -1.49. The van der Waals surface area contributed by atoms with Gasteiger partial charge in [-0.3, -0.25) is 4.90 Å². The zero-order valence-electron chi connectivity index (χ0n) is 8.87. The molecule has 1 unspecified atom stereocenters. The van der Waals surface area contributed by atoms with E-state index in [1.807, 2.05) is 0 Å². The summed E-state index contributed by atoms with van der Waals surface area (Å²) in [5.41, 5.74) is 0. The summed E-state index contributed by atoms with van der Waals surface area (Å²) in [4.78, 5) is 1.67. The van der Waals surface area contributed by atoms with Gasteiger partial charge in [0.15, 0.2) is 0 Å². The molecule has 0 radical (unpaired) electrons. The van der Waals surface area contributed by atoms with Crippen molar-refractivity contribution in [2.45, 2.75) is 31.7 Å². The van der Waals surface area contributed by atoms with E-state index in [-0.39, 0.29) is 19.0 Å². The van der Waals surface area contributed by atoms with Crippen LogP contribution in [0.2, 0.25) is 0 Å². The van der Waals surface area contributed by atoms with Gasteiger partial charge in [-0.15, -0.1) is 10.2 Å². The third-order valence-corrected chi connectivity index (χ3v) is 2.52. The van der Waals surface area contributed by atoms with E-state index in [1.54, 1.807) is 4.90 Å². The van der Waals surface area contributed by atoms with Crippen molar-refractivity contribution in [2.24, 2.45) is 0 Å².